The Kier molecular flexibility index (Phi) is 10.7. The molecule has 4 aromatic rings. The van der Waals surface area contributed by atoms with Crippen LogP contribution in [0.1, 0.15) is 69.3 Å². The molecule has 2 aromatic carbocycles. The third kappa shape index (κ3) is 7.20. The first-order valence-corrected chi connectivity index (χ1v) is 19.8. The summed E-state index contributed by atoms with van der Waals surface area (Å²) in [5.74, 6) is 1.46. The van der Waals surface area contributed by atoms with Gasteiger partial charge in [0.05, 0.1) is 43.5 Å². The fraction of sp³-hybridized carbons (Fsp3) is 0.422. The van der Waals surface area contributed by atoms with Crippen LogP contribution < -0.4 is 4.90 Å². The number of carbonyl (C=O) groups excluding carboxylic acids is 3. The number of hydrogen-bond acceptors (Lipinski definition) is 8. The molecular formula is C45H50N6O5. The molecule has 2 aliphatic heterocycles. The number of benzene rings is 2. The van der Waals surface area contributed by atoms with Gasteiger partial charge in [-0.1, -0.05) is 54.6 Å². The van der Waals surface area contributed by atoms with Gasteiger partial charge in [-0.2, -0.15) is 0 Å². The molecule has 2 saturated carbocycles. The molecule has 0 spiro atoms. The van der Waals surface area contributed by atoms with Crippen molar-refractivity contribution in [2.75, 3.05) is 32.7 Å². The van der Waals surface area contributed by atoms with Crippen LogP contribution in [0.15, 0.2) is 90.3 Å². The molecule has 1 saturated heterocycles. The Morgan fingerprint density at radius 1 is 0.911 bits per heavy atom. The maximum atomic E-state index is 13.9. The molecular weight excluding hydrogens is 705 g/mol. The smallest absolute Gasteiger partial charge is 0.306 e. The first-order valence-electron chi connectivity index (χ1n) is 19.8. The fourth-order valence-corrected chi connectivity index (χ4v) is 9.62. The minimum atomic E-state index is -0.632. The third-order valence-electron chi connectivity index (χ3n) is 12.8. The number of allylic oxidation sites excluding steroid dienone is 1. The maximum Gasteiger partial charge on any atom is 0.306 e. The number of pyridine rings is 1. The van der Waals surface area contributed by atoms with Crippen molar-refractivity contribution in [1.29, 1.82) is 0 Å². The molecule has 2 aromatic heterocycles. The molecule has 2 bridgehead atoms. The van der Waals surface area contributed by atoms with E-state index in [9.17, 15) is 14.4 Å². The molecule has 1 N–H and O–H groups in total. The van der Waals surface area contributed by atoms with Crippen molar-refractivity contribution in [3.8, 4) is 22.4 Å². The lowest BCUT2D eigenvalue weighted by molar-refractivity contribution is -0.151. The Labute approximate surface area is 328 Å². The number of methoxy groups -OCH3 is 2. The lowest BCUT2D eigenvalue weighted by Crippen LogP contribution is -2.42. The average molecular weight is 755 g/mol. The predicted molar refractivity (Wildman–Crippen MR) is 215 cm³/mol. The number of fused-ring (bicyclic) bond motifs is 2. The monoisotopic (exact) mass is 754 g/mol. The van der Waals surface area contributed by atoms with Crippen LogP contribution in [-0.2, 0) is 23.9 Å². The lowest BCUT2D eigenvalue weighted by atomic mass is 9.74. The van der Waals surface area contributed by atoms with E-state index in [4.69, 9.17) is 19.5 Å². The van der Waals surface area contributed by atoms with Crippen molar-refractivity contribution in [1.82, 2.24) is 19.9 Å². The highest BCUT2D eigenvalue weighted by atomic mass is 16.5. The zero-order valence-corrected chi connectivity index (χ0v) is 32.6. The summed E-state index contributed by atoms with van der Waals surface area (Å²) in [6.07, 6.45) is 10.9. The Morgan fingerprint density at radius 2 is 1.62 bits per heavy atom. The Balaban J connectivity index is 0.905. The molecule has 8 rings (SSSR count). The van der Waals surface area contributed by atoms with Crippen LogP contribution in [-0.4, -0.2) is 77.3 Å². The van der Waals surface area contributed by atoms with Crippen LogP contribution >= 0.6 is 0 Å². The number of esters is 1. The minimum absolute atomic E-state index is 0.0313. The van der Waals surface area contributed by atoms with Gasteiger partial charge in [0.15, 0.2) is 0 Å². The zero-order chi connectivity index (χ0) is 38.9. The van der Waals surface area contributed by atoms with E-state index in [1.165, 1.54) is 19.1 Å². The van der Waals surface area contributed by atoms with Gasteiger partial charge >= 0.3 is 5.97 Å². The number of rotatable bonds is 12. The summed E-state index contributed by atoms with van der Waals surface area (Å²) in [7, 11) is 4.73. The number of aliphatic imine (C=N–C) groups is 1. The predicted octanol–water partition coefficient (Wildman–Crippen LogP) is 7.53. The van der Waals surface area contributed by atoms with Crippen molar-refractivity contribution in [3.63, 3.8) is 0 Å². The minimum Gasteiger partial charge on any atom is -0.469 e. The highest BCUT2D eigenvalue weighted by Crippen LogP contribution is 2.54. The molecule has 0 radical (unpaired) electrons. The Hall–Kier alpha value is -5.42. The summed E-state index contributed by atoms with van der Waals surface area (Å²) in [5.41, 5.74) is 7.60. The SMILES string of the molecule is COC(=O)C[C@H](C(=O)N1CCC[C@H]1c1ncc(-c2ccc(-c3ccc(C4=CN=C(C5C6CCC(C6)[C@H]5C(=O)N(C)c5ccccn5)C4)cc3)cc2)[nH]1)[C@@H](C)OC. The average Bonchev–Trinajstić information content (AvgIpc) is 4.11. The van der Waals surface area contributed by atoms with Crippen molar-refractivity contribution in [2.24, 2.45) is 34.6 Å². The summed E-state index contributed by atoms with van der Waals surface area (Å²) in [4.78, 5) is 60.8. The second-order valence-corrected chi connectivity index (χ2v) is 15.8. The van der Waals surface area contributed by atoms with E-state index in [2.05, 4.69) is 58.5 Å². The number of aromatic nitrogens is 3. The number of H-pyrrole nitrogens is 1. The summed E-state index contributed by atoms with van der Waals surface area (Å²) in [5, 5.41) is 0. The van der Waals surface area contributed by atoms with Crippen LogP contribution in [0, 0.1) is 29.6 Å². The number of imidazole rings is 1. The summed E-state index contributed by atoms with van der Waals surface area (Å²) in [6, 6.07) is 22.6. The molecule has 56 heavy (non-hydrogen) atoms. The van der Waals surface area contributed by atoms with Gasteiger partial charge < -0.3 is 19.4 Å². The largest absolute Gasteiger partial charge is 0.469 e. The number of ether oxygens (including phenoxy) is 2. The fourth-order valence-electron chi connectivity index (χ4n) is 9.62. The van der Waals surface area contributed by atoms with E-state index < -0.39 is 18.0 Å². The molecule has 4 aliphatic rings. The van der Waals surface area contributed by atoms with Crippen molar-refractivity contribution in [2.45, 2.75) is 64.0 Å². The van der Waals surface area contributed by atoms with E-state index in [0.29, 0.717) is 24.2 Å². The molecule has 7 atom stereocenters. The van der Waals surface area contributed by atoms with Crippen LogP contribution in [0.5, 0.6) is 0 Å². The summed E-state index contributed by atoms with van der Waals surface area (Å²) in [6.45, 7) is 2.41. The van der Waals surface area contributed by atoms with Gasteiger partial charge in [0.2, 0.25) is 11.8 Å². The highest BCUT2D eigenvalue weighted by Gasteiger charge is 2.53. The van der Waals surface area contributed by atoms with E-state index in [-0.39, 0.29) is 36.1 Å². The first kappa shape index (κ1) is 37.5. The molecule has 3 unspecified atom stereocenters. The van der Waals surface area contributed by atoms with E-state index >= 15 is 0 Å². The third-order valence-corrected chi connectivity index (χ3v) is 12.8. The molecule has 11 nitrogen and oxygen atoms in total. The molecule has 11 heteroatoms. The number of carbonyl (C=O) groups is 3. The van der Waals surface area contributed by atoms with E-state index in [1.54, 1.807) is 18.2 Å². The molecule has 2 amide bonds. The maximum absolute atomic E-state index is 13.9. The molecule has 290 valence electrons. The van der Waals surface area contributed by atoms with Crippen LogP contribution in [0.2, 0.25) is 0 Å². The van der Waals surface area contributed by atoms with Crippen LogP contribution in [0.3, 0.4) is 0 Å². The highest BCUT2D eigenvalue weighted by molar-refractivity contribution is 6.04. The second kappa shape index (κ2) is 16.0. The normalized spacial score (nSPS) is 23.8. The number of amides is 2. The van der Waals surface area contributed by atoms with Crippen LogP contribution in [0.4, 0.5) is 5.82 Å². The topological polar surface area (TPSA) is 130 Å². The standard InChI is InChI=1S/C45H50N6O5/c1-27(55-3)35(24-40(52)56-4)44(53)51-21-7-8-38(51)43-48-26-37(49-43)31-16-14-29(15-17-31)28-10-12-30(13-11-28)34-23-36(47-25-34)41-32-18-19-33(22-32)42(41)45(54)50(2)39-9-5-6-20-46-39/h5-6,9-17,20,25-27,32-33,35,38,41-42H,7-8,18-19,21-24H2,1-4H3,(H,48,49)/t27-,32?,33?,35+,38+,41?,42-/m1/s1. The Bertz CT molecular complexity index is 2130. The van der Waals surface area contributed by atoms with Crippen LogP contribution in [0.25, 0.3) is 28.0 Å². The van der Waals surface area contributed by atoms with Gasteiger partial charge in [-0.3, -0.25) is 24.3 Å². The van der Waals surface area contributed by atoms with Gasteiger partial charge in [0.25, 0.3) is 0 Å². The van der Waals surface area contributed by atoms with Gasteiger partial charge in [0, 0.05) is 57.1 Å². The lowest BCUT2D eigenvalue weighted by Gasteiger charge is -2.33. The number of anilines is 1. The number of likely N-dealkylation sites (tertiary alicyclic amines) is 1. The first-order chi connectivity index (χ1) is 27.2. The van der Waals surface area contributed by atoms with Gasteiger partial charge in [-0.05, 0) is 90.8 Å². The number of nitrogens with one attached hydrogen (secondary N) is 1. The Morgan fingerprint density at radius 3 is 2.32 bits per heavy atom. The van der Waals surface area contributed by atoms with Gasteiger partial charge in [-0.15, -0.1) is 0 Å². The van der Waals surface area contributed by atoms with Crippen molar-refractivity contribution in [3.05, 3.63) is 96.7 Å². The summed E-state index contributed by atoms with van der Waals surface area (Å²) < 4.78 is 10.3. The second-order valence-electron chi connectivity index (χ2n) is 15.8. The summed E-state index contributed by atoms with van der Waals surface area (Å²) >= 11 is 0. The molecule has 2 aliphatic carbocycles. The number of aromatic amines is 1. The van der Waals surface area contributed by atoms with E-state index in [1.807, 2.05) is 49.5 Å². The molecule has 4 heterocycles. The number of nitrogens with zero attached hydrogens (tertiary/aromatic N) is 5. The molecule has 3 fully saturated rings. The van der Waals surface area contributed by atoms with Crippen molar-refractivity contribution >= 4 is 34.9 Å². The van der Waals surface area contributed by atoms with Crippen molar-refractivity contribution < 1.29 is 23.9 Å². The van der Waals surface area contributed by atoms with Gasteiger partial charge in [0.1, 0.15) is 11.6 Å². The zero-order valence-electron chi connectivity index (χ0n) is 32.6. The number of hydrogen-bond donors (Lipinski definition) is 1. The van der Waals surface area contributed by atoms with Gasteiger partial charge in [-0.25, -0.2) is 9.97 Å². The quantitative estimate of drug-likeness (QED) is 0.148. The van der Waals surface area contributed by atoms with E-state index in [0.717, 1.165) is 71.6 Å².